The fraction of sp³-hybridized carbons (Fsp3) is 0.552. The number of aliphatic hydroxyl groups is 1. The maximum Gasteiger partial charge on any atom is 0.338 e. The summed E-state index contributed by atoms with van der Waals surface area (Å²) in [5, 5.41) is 32.4. The fourth-order valence-electron chi connectivity index (χ4n) is 6.74. The summed E-state index contributed by atoms with van der Waals surface area (Å²) in [6.45, 7) is 11.1. The van der Waals surface area contributed by atoms with E-state index < -0.39 is 69.6 Å². The van der Waals surface area contributed by atoms with Gasteiger partial charge in [0.15, 0.2) is 11.4 Å². The molecule has 0 heterocycles. The van der Waals surface area contributed by atoms with Crippen LogP contribution >= 0.6 is 0 Å². The number of carboxylic acid groups (broad SMARTS) is 1. The summed E-state index contributed by atoms with van der Waals surface area (Å²) >= 11 is 0. The van der Waals surface area contributed by atoms with Crippen molar-refractivity contribution in [2.45, 2.75) is 71.7 Å². The number of aliphatic carboxylic acids is 1. The first-order valence-electron chi connectivity index (χ1n) is 12.5. The summed E-state index contributed by atoms with van der Waals surface area (Å²) in [5.74, 6) is -5.42. The lowest BCUT2D eigenvalue weighted by atomic mass is 9.42. The van der Waals surface area contributed by atoms with Gasteiger partial charge in [-0.1, -0.05) is 31.2 Å². The first-order valence-corrected chi connectivity index (χ1v) is 12.5. The number of hydrogen-bond donors (Lipinski definition) is 2. The Labute approximate surface area is 222 Å². The van der Waals surface area contributed by atoms with Crippen LogP contribution < -0.4 is 0 Å². The molecule has 0 bridgehead atoms. The van der Waals surface area contributed by atoms with Crippen LogP contribution in [0.1, 0.15) is 64.2 Å². The van der Waals surface area contributed by atoms with Gasteiger partial charge in [0.2, 0.25) is 0 Å². The molecule has 1 aromatic carbocycles. The Bertz CT molecular complexity index is 1190. The molecule has 2 fully saturated rings. The van der Waals surface area contributed by atoms with Crippen LogP contribution in [0.5, 0.6) is 0 Å². The Morgan fingerprint density at radius 1 is 1.21 bits per heavy atom. The number of ketones is 1. The van der Waals surface area contributed by atoms with Gasteiger partial charge in [-0.3, -0.25) is 14.4 Å². The maximum atomic E-state index is 14.1. The van der Waals surface area contributed by atoms with E-state index in [9.17, 15) is 34.7 Å². The highest BCUT2D eigenvalue weighted by molar-refractivity contribution is 5.97. The highest BCUT2D eigenvalue weighted by atomic mass is 16.6. The van der Waals surface area contributed by atoms with Crippen molar-refractivity contribution in [1.29, 1.82) is 5.26 Å². The van der Waals surface area contributed by atoms with Crippen molar-refractivity contribution < 1.29 is 38.9 Å². The van der Waals surface area contributed by atoms with Gasteiger partial charge >= 0.3 is 17.9 Å². The average Bonchev–Trinajstić information content (AvgIpc) is 2.84. The molecule has 3 rings (SSSR count). The van der Waals surface area contributed by atoms with Gasteiger partial charge in [-0.05, 0) is 50.7 Å². The molecule has 7 unspecified atom stereocenters. The molecule has 0 aromatic heterocycles. The van der Waals surface area contributed by atoms with E-state index in [-0.39, 0.29) is 24.8 Å². The fourth-order valence-corrected chi connectivity index (χ4v) is 6.74. The highest BCUT2D eigenvalue weighted by Gasteiger charge is 2.73. The van der Waals surface area contributed by atoms with Crippen LogP contribution in [-0.4, -0.2) is 51.7 Å². The number of rotatable bonds is 7. The molecular weight excluding hydrogens is 490 g/mol. The Morgan fingerprint density at radius 3 is 2.32 bits per heavy atom. The number of nitrogens with zero attached hydrogens (tertiary/aromatic N) is 1. The number of hydrogen-bond acceptors (Lipinski definition) is 8. The zero-order valence-electron chi connectivity index (χ0n) is 22.4. The van der Waals surface area contributed by atoms with Crippen LogP contribution in [0.3, 0.4) is 0 Å². The summed E-state index contributed by atoms with van der Waals surface area (Å²) in [5.41, 5.74) is -6.30. The molecule has 9 heteroatoms. The van der Waals surface area contributed by atoms with Crippen molar-refractivity contribution in [3.8, 4) is 6.07 Å². The molecule has 204 valence electrons. The molecule has 0 radical (unpaired) electrons. The summed E-state index contributed by atoms with van der Waals surface area (Å²) in [4.78, 5) is 51.9. The molecule has 0 amide bonds. The molecule has 0 spiro atoms. The standard InChI is InChI=1S/C29H35NO8/c1-7-27(5)16-19(38-23(32)18-11-9-8-10-12-18)22-28(6,13-14-30)20(26(3,4)25(34)35)15-21(37-17(2)31)29(22,36)24(27)33/h7-12,19-22,36H,1,13,15-16H2,2-6H3,(H,34,35). The smallest absolute Gasteiger partial charge is 0.338 e. The van der Waals surface area contributed by atoms with Crippen molar-refractivity contribution in [3.05, 3.63) is 48.6 Å². The summed E-state index contributed by atoms with van der Waals surface area (Å²) in [7, 11) is 0. The van der Waals surface area contributed by atoms with E-state index in [4.69, 9.17) is 9.47 Å². The molecule has 38 heavy (non-hydrogen) atoms. The van der Waals surface area contributed by atoms with Crippen LogP contribution in [0.2, 0.25) is 0 Å². The predicted molar refractivity (Wildman–Crippen MR) is 135 cm³/mol. The van der Waals surface area contributed by atoms with Crippen LogP contribution in [0.25, 0.3) is 0 Å². The van der Waals surface area contributed by atoms with E-state index in [0.717, 1.165) is 6.92 Å². The van der Waals surface area contributed by atoms with E-state index in [2.05, 4.69) is 12.6 Å². The van der Waals surface area contributed by atoms with E-state index in [1.54, 1.807) is 44.2 Å². The monoisotopic (exact) mass is 525 g/mol. The second kappa shape index (κ2) is 9.99. The van der Waals surface area contributed by atoms with Gasteiger partial charge in [-0.2, -0.15) is 5.26 Å². The van der Waals surface area contributed by atoms with Gasteiger partial charge in [0.25, 0.3) is 0 Å². The van der Waals surface area contributed by atoms with Gasteiger partial charge in [-0.25, -0.2) is 4.79 Å². The van der Waals surface area contributed by atoms with Crippen LogP contribution in [0.15, 0.2) is 43.0 Å². The minimum atomic E-state index is -2.38. The number of benzene rings is 1. The van der Waals surface area contributed by atoms with Crippen molar-refractivity contribution in [3.63, 3.8) is 0 Å². The second-order valence-corrected chi connectivity index (χ2v) is 11.5. The Hall–Kier alpha value is -3.51. The van der Waals surface area contributed by atoms with E-state index >= 15 is 0 Å². The minimum absolute atomic E-state index is 0.0606. The van der Waals surface area contributed by atoms with Crippen LogP contribution in [0.4, 0.5) is 0 Å². The van der Waals surface area contributed by atoms with Gasteiger partial charge < -0.3 is 19.7 Å². The second-order valence-electron chi connectivity index (χ2n) is 11.5. The number of esters is 2. The Morgan fingerprint density at radius 2 is 1.82 bits per heavy atom. The number of carbonyl (C=O) groups is 4. The molecule has 0 saturated heterocycles. The lowest BCUT2D eigenvalue weighted by Crippen LogP contribution is -2.75. The van der Waals surface area contributed by atoms with Gasteiger partial charge in [0.1, 0.15) is 12.2 Å². The molecule has 0 aliphatic heterocycles. The van der Waals surface area contributed by atoms with Gasteiger partial charge in [0.05, 0.1) is 22.5 Å². The first kappa shape index (κ1) is 29.1. The third-order valence-corrected chi connectivity index (χ3v) is 8.71. The number of ether oxygens (including phenoxy) is 2. The van der Waals surface area contributed by atoms with E-state index in [1.165, 1.54) is 19.9 Å². The molecule has 2 aliphatic rings. The third-order valence-electron chi connectivity index (χ3n) is 8.71. The Kier molecular flexibility index (Phi) is 7.64. The zero-order chi connectivity index (χ0) is 28.7. The quantitative estimate of drug-likeness (QED) is 0.401. The van der Waals surface area contributed by atoms with Crippen molar-refractivity contribution in [2.75, 3.05) is 0 Å². The van der Waals surface area contributed by atoms with Crippen LogP contribution in [0, 0.1) is 39.4 Å². The SMILES string of the molecule is C=CC1(C)CC(OC(=O)c2ccccc2)C2C(C)(CC#N)C(C(C)(C)C(=O)O)CC(OC(C)=O)C2(O)C1=O. The van der Waals surface area contributed by atoms with Crippen molar-refractivity contribution in [1.82, 2.24) is 0 Å². The lowest BCUT2D eigenvalue weighted by molar-refractivity contribution is -0.255. The molecule has 7 atom stereocenters. The Balaban J connectivity index is 2.31. The first-order chi connectivity index (χ1) is 17.6. The largest absolute Gasteiger partial charge is 0.481 e. The summed E-state index contributed by atoms with van der Waals surface area (Å²) in [6, 6.07) is 10.3. The number of nitriles is 1. The lowest BCUT2D eigenvalue weighted by Gasteiger charge is -2.63. The minimum Gasteiger partial charge on any atom is -0.481 e. The normalized spacial score (nSPS) is 34.8. The molecular formula is C29H35NO8. The van der Waals surface area contributed by atoms with Crippen molar-refractivity contribution in [2.24, 2.45) is 28.1 Å². The van der Waals surface area contributed by atoms with Crippen molar-refractivity contribution >= 4 is 23.7 Å². The zero-order valence-corrected chi connectivity index (χ0v) is 22.4. The average molecular weight is 526 g/mol. The van der Waals surface area contributed by atoms with E-state index in [0.29, 0.717) is 0 Å². The number of fused-ring (bicyclic) bond motifs is 1. The summed E-state index contributed by atoms with van der Waals surface area (Å²) < 4.78 is 11.5. The highest BCUT2D eigenvalue weighted by Crippen LogP contribution is 2.63. The predicted octanol–water partition coefficient (Wildman–Crippen LogP) is 3.71. The number of carbonyl (C=O) groups excluding carboxylic acids is 3. The molecule has 9 nitrogen and oxygen atoms in total. The van der Waals surface area contributed by atoms with Gasteiger partial charge in [-0.15, -0.1) is 6.58 Å². The number of carboxylic acids is 1. The molecule has 2 saturated carbocycles. The van der Waals surface area contributed by atoms with E-state index in [1.807, 2.05) is 0 Å². The van der Waals surface area contributed by atoms with Gasteiger partial charge in [0, 0.05) is 25.7 Å². The molecule has 2 N–H and O–H groups in total. The third kappa shape index (κ3) is 4.51. The number of Topliss-reactive ketones (excluding diaryl/α,β-unsaturated/α-hetero) is 1. The maximum absolute atomic E-state index is 14.1. The summed E-state index contributed by atoms with van der Waals surface area (Å²) in [6.07, 6.45) is -1.71. The number of allylic oxidation sites excluding steroid dienone is 1. The molecule has 2 aliphatic carbocycles. The van der Waals surface area contributed by atoms with Crippen LogP contribution in [-0.2, 0) is 23.9 Å². The topological polar surface area (TPSA) is 151 Å². The molecule has 1 aromatic rings.